The van der Waals surface area contributed by atoms with E-state index in [2.05, 4.69) is 41.2 Å². The van der Waals surface area contributed by atoms with Crippen molar-refractivity contribution in [2.24, 2.45) is 0 Å². The minimum Gasteiger partial charge on any atom is -0.351 e. The number of aromatic nitrogens is 4. The molecule has 0 N–H and O–H groups in total. The Balaban J connectivity index is 1.96. The first-order valence-electron chi connectivity index (χ1n) is 5.75. The number of rotatable bonds is 3. The van der Waals surface area contributed by atoms with Gasteiger partial charge >= 0.3 is 0 Å². The zero-order valence-corrected chi connectivity index (χ0v) is 12.9. The van der Waals surface area contributed by atoms with Crippen LogP contribution in [0.15, 0.2) is 28.6 Å². The van der Waals surface area contributed by atoms with Crippen LogP contribution in [-0.2, 0) is 6.54 Å². The molecule has 0 amide bonds. The maximum Gasteiger partial charge on any atom is 0.180 e. The number of thiazole rings is 1. The van der Waals surface area contributed by atoms with Crippen LogP contribution in [0.1, 0.15) is 10.7 Å². The molecule has 0 spiro atoms. The van der Waals surface area contributed by atoms with E-state index < -0.39 is 0 Å². The van der Waals surface area contributed by atoms with Gasteiger partial charge in [0.05, 0.1) is 17.2 Å². The molecule has 3 rings (SSSR count). The van der Waals surface area contributed by atoms with Crippen LogP contribution < -0.4 is 4.90 Å². The van der Waals surface area contributed by atoms with Crippen molar-refractivity contribution in [2.45, 2.75) is 13.5 Å². The SMILES string of the molecule is Cc1nc(CN(C)c2nc(Br)cn3ccnc23)cs1. The smallest absolute Gasteiger partial charge is 0.180 e. The molecule has 3 aromatic heterocycles. The monoisotopic (exact) mass is 337 g/mol. The Morgan fingerprint density at radius 2 is 2.26 bits per heavy atom. The maximum atomic E-state index is 4.51. The molecule has 0 radical (unpaired) electrons. The number of imidazole rings is 1. The normalized spacial score (nSPS) is 11.1. The fraction of sp³-hybridized carbons (Fsp3) is 0.250. The highest BCUT2D eigenvalue weighted by Crippen LogP contribution is 2.21. The minimum absolute atomic E-state index is 0.719. The predicted molar refractivity (Wildman–Crippen MR) is 79.6 cm³/mol. The Bertz CT molecular complexity index is 720. The molecule has 19 heavy (non-hydrogen) atoms. The fourth-order valence-electron chi connectivity index (χ4n) is 1.94. The summed E-state index contributed by atoms with van der Waals surface area (Å²) in [5.41, 5.74) is 1.90. The first-order valence-corrected chi connectivity index (χ1v) is 7.42. The Morgan fingerprint density at radius 3 is 3.00 bits per heavy atom. The molecule has 0 unspecified atom stereocenters. The highest BCUT2D eigenvalue weighted by molar-refractivity contribution is 9.10. The number of fused-ring (bicyclic) bond motifs is 1. The van der Waals surface area contributed by atoms with E-state index in [1.54, 1.807) is 17.5 Å². The van der Waals surface area contributed by atoms with E-state index in [0.717, 1.165) is 33.3 Å². The molecule has 3 aromatic rings. The van der Waals surface area contributed by atoms with Crippen molar-refractivity contribution < 1.29 is 0 Å². The van der Waals surface area contributed by atoms with Crippen molar-refractivity contribution in [3.05, 3.63) is 39.3 Å². The summed E-state index contributed by atoms with van der Waals surface area (Å²) in [7, 11) is 2.00. The van der Waals surface area contributed by atoms with Crippen molar-refractivity contribution in [3.63, 3.8) is 0 Å². The Kier molecular flexibility index (Phi) is 3.24. The van der Waals surface area contributed by atoms with Gasteiger partial charge in [-0.05, 0) is 22.9 Å². The van der Waals surface area contributed by atoms with Crippen LogP contribution in [0.3, 0.4) is 0 Å². The standard InChI is InChI=1S/C12H12BrN5S/c1-8-15-9(7-19-8)5-17(2)12-11-14-3-4-18(11)6-10(13)16-12/h3-4,6-7H,5H2,1-2H3. The van der Waals surface area contributed by atoms with Crippen LogP contribution in [0.4, 0.5) is 5.82 Å². The predicted octanol–water partition coefficient (Wildman–Crippen LogP) is 2.89. The Labute approximate surface area is 123 Å². The Hall–Kier alpha value is -1.47. The van der Waals surface area contributed by atoms with Crippen LogP contribution in [0.5, 0.6) is 0 Å². The van der Waals surface area contributed by atoms with Crippen molar-refractivity contribution in [1.29, 1.82) is 0 Å². The van der Waals surface area contributed by atoms with E-state index in [0.29, 0.717) is 0 Å². The molecule has 0 aliphatic carbocycles. The summed E-state index contributed by atoms with van der Waals surface area (Å²) >= 11 is 5.09. The van der Waals surface area contributed by atoms with Gasteiger partial charge in [0.2, 0.25) is 0 Å². The summed E-state index contributed by atoms with van der Waals surface area (Å²) in [6.45, 7) is 2.73. The molecule has 0 saturated carbocycles. The van der Waals surface area contributed by atoms with Gasteiger partial charge in [-0.25, -0.2) is 15.0 Å². The zero-order chi connectivity index (χ0) is 13.4. The van der Waals surface area contributed by atoms with Crippen molar-refractivity contribution in [1.82, 2.24) is 19.4 Å². The lowest BCUT2D eigenvalue weighted by atomic mass is 10.4. The lowest BCUT2D eigenvalue weighted by molar-refractivity contribution is 0.863. The molecule has 3 heterocycles. The first kappa shape index (κ1) is 12.6. The summed E-state index contributed by atoms with van der Waals surface area (Å²) in [6, 6.07) is 0. The van der Waals surface area contributed by atoms with Gasteiger partial charge in [-0.15, -0.1) is 11.3 Å². The lowest BCUT2D eigenvalue weighted by Gasteiger charge is -2.17. The second-order valence-corrected chi connectivity index (χ2v) is 6.13. The quantitative estimate of drug-likeness (QED) is 0.737. The third-order valence-electron chi connectivity index (χ3n) is 2.75. The molecule has 7 heteroatoms. The van der Waals surface area contributed by atoms with Gasteiger partial charge in [-0.3, -0.25) is 0 Å². The number of aryl methyl sites for hydroxylation is 1. The fourth-order valence-corrected chi connectivity index (χ4v) is 2.93. The van der Waals surface area contributed by atoms with Crippen molar-refractivity contribution in [3.8, 4) is 0 Å². The van der Waals surface area contributed by atoms with Gasteiger partial charge in [0.25, 0.3) is 0 Å². The molecular weight excluding hydrogens is 326 g/mol. The topological polar surface area (TPSA) is 46.3 Å². The summed E-state index contributed by atoms with van der Waals surface area (Å²) in [4.78, 5) is 15.4. The molecule has 0 bridgehead atoms. The van der Waals surface area contributed by atoms with Crippen LogP contribution in [-0.4, -0.2) is 26.4 Å². The molecule has 98 valence electrons. The minimum atomic E-state index is 0.719. The summed E-state index contributed by atoms with van der Waals surface area (Å²) < 4.78 is 2.74. The van der Waals surface area contributed by atoms with Crippen molar-refractivity contribution >= 4 is 38.7 Å². The third kappa shape index (κ3) is 2.48. The molecule has 5 nitrogen and oxygen atoms in total. The highest BCUT2D eigenvalue weighted by atomic mass is 79.9. The van der Waals surface area contributed by atoms with E-state index in [1.807, 2.05) is 30.8 Å². The molecule has 0 aliphatic rings. The molecular formula is C12H12BrN5S. The van der Waals surface area contributed by atoms with Crippen LogP contribution in [0.2, 0.25) is 0 Å². The molecule has 0 atom stereocenters. The highest BCUT2D eigenvalue weighted by Gasteiger charge is 2.12. The van der Waals surface area contributed by atoms with Crippen LogP contribution in [0.25, 0.3) is 5.65 Å². The average Bonchev–Trinajstić information content (AvgIpc) is 2.96. The summed E-state index contributed by atoms with van der Waals surface area (Å²) in [6.07, 6.45) is 5.58. The molecule has 0 fully saturated rings. The maximum absolute atomic E-state index is 4.51. The van der Waals surface area contributed by atoms with E-state index in [4.69, 9.17) is 0 Å². The number of anilines is 1. The van der Waals surface area contributed by atoms with Gasteiger partial charge in [-0.2, -0.15) is 0 Å². The second-order valence-electron chi connectivity index (χ2n) is 4.26. The molecule has 0 aromatic carbocycles. The summed E-state index contributed by atoms with van der Waals surface area (Å²) in [5.74, 6) is 0.838. The van der Waals surface area contributed by atoms with Gasteiger partial charge in [0.1, 0.15) is 4.60 Å². The van der Waals surface area contributed by atoms with E-state index >= 15 is 0 Å². The first-order chi connectivity index (χ1) is 9.13. The van der Waals surface area contributed by atoms with Gasteiger partial charge in [0.15, 0.2) is 11.5 Å². The second kappa shape index (κ2) is 4.90. The van der Waals surface area contributed by atoms with E-state index in [-0.39, 0.29) is 0 Å². The number of halogens is 1. The molecule has 0 saturated heterocycles. The Morgan fingerprint density at radius 1 is 1.42 bits per heavy atom. The van der Waals surface area contributed by atoms with Gasteiger partial charge in [-0.1, -0.05) is 0 Å². The molecule has 0 aliphatic heterocycles. The van der Waals surface area contributed by atoms with Crippen LogP contribution in [0, 0.1) is 6.92 Å². The number of hydrogen-bond acceptors (Lipinski definition) is 5. The van der Waals surface area contributed by atoms with Crippen LogP contribution >= 0.6 is 27.3 Å². The zero-order valence-electron chi connectivity index (χ0n) is 10.5. The number of hydrogen-bond donors (Lipinski definition) is 0. The summed E-state index contributed by atoms with van der Waals surface area (Å²) in [5, 5.41) is 3.16. The number of nitrogens with zero attached hydrogens (tertiary/aromatic N) is 5. The van der Waals surface area contributed by atoms with E-state index in [1.165, 1.54) is 0 Å². The third-order valence-corrected chi connectivity index (χ3v) is 3.96. The average molecular weight is 338 g/mol. The van der Waals surface area contributed by atoms with Gasteiger partial charge < -0.3 is 9.30 Å². The largest absolute Gasteiger partial charge is 0.351 e. The van der Waals surface area contributed by atoms with Gasteiger partial charge in [0, 0.05) is 31.0 Å². The van der Waals surface area contributed by atoms with Crippen molar-refractivity contribution in [2.75, 3.05) is 11.9 Å². The lowest BCUT2D eigenvalue weighted by Crippen LogP contribution is -2.19. The van der Waals surface area contributed by atoms with E-state index in [9.17, 15) is 0 Å².